The molecule has 0 fully saturated rings. The number of nitrogens with one attached hydrogen (secondary N) is 1. The Hall–Kier alpha value is -0.650. The fourth-order valence-corrected chi connectivity index (χ4v) is 1.24. The van der Waals surface area contributed by atoms with Crippen LogP contribution in [0.3, 0.4) is 0 Å². The van der Waals surface area contributed by atoms with Crippen molar-refractivity contribution in [3.05, 3.63) is 17.5 Å². The van der Waals surface area contributed by atoms with Gasteiger partial charge in [0.15, 0.2) is 0 Å². The summed E-state index contributed by atoms with van der Waals surface area (Å²) >= 11 is 0. The van der Waals surface area contributed by atoms with Gasteiger partial charge in [-0.05, 0) is 32.8 Å². The van der Waals surface area contributed by atoms with Crippen molar-refractivity contribution in [2.45, 2.75) is 26.7 Å². The zero-order chi connectivity index (χ0) is 11.3. The number of anilines is 1. The van der Waals surface area contributed by atoms with Gasteiger partial charge in [0.1, 0.15) is 0 Å². The molecular formula is C10H14N3NaO2. The Morgan fingerprint density at radius 2 is 1.94 bits per heavy atom. The van der Waals surface area contributed by atoms with Crippen LogP contribution in [-0.4, -0.2) is 22.5 Å². The second kappa shape index (κ2) is 7.60. The minimum Gasteiger partial charge on any atom is -0.550 e. The van der Waals surface area contributed by atoms with Crippen LogP contribution >= 0.6 is 0 Å². The van der Waals surface area contributed by atoms with Crippen LogP contribution in [0.25, 0.3) is 0 Å². The maximum Gasteiger partial charge on any atom is 1.00 e. The number of hydrogen-bond donors (Lipinski definition) is 1. The summed E-state index contributed by atoms with van der Waals surface area (Å²) in [5.74, 6) is -0.482. The van der Waals surface area contributed by atoms with Gasteiger partial charge < -0.3 is 15.2 Å². The number of hydrogen-bond acceptors (Lipinski definition) is 5. The van der Waals surface area contributed by atoms with Crippen molar-refractivity contribution in [3.8, 4) is 0 Å². The van der Waals surface area contributed by atoms with Crippen LogP contribution in [0.4, 0.5) is 5.95 Å². The van der Waals surface area contributed by atoms with E-state index in [-0.39, 0.29) is 36.0 Å². The number of aryl methyl sites for hydroxylation is 2. The minimum atomic E-state index is -1.03. The molecule has 1 aromatic heterocycles. The average molecular weight is 231 g/mol. The smallest absolute Gasteiger partial charge is 0.550 e. The molecule has 0 saturated carbocycles. The van der Waals surface area contributed by atoms with Gasteiger partial charge in [-0.3, -0.25) is 0 Å². The molecular weight excluding hydrogens is 217 g/mol. The molecule has 0 aromatic carbocycles. The van der Waals surface area contributed by atoms with E-state index in [1.807, 2.05) is 19.9 Å². The monoisotopic (exact) mass is 231 g/mol. The van der Waals surface area contributed by atoms with Crippen molar-refractivity contribution in [1.82, 2.24) is 9.97 Å². The molecule has 1 N–H and O–H groups in total. The molecule has 16 heavy (non-hydrogen) atoms. The average Bonchev–Trinajstić information content (AvgIpc) is 2.10. The van der Waals surface area contributed by atoms with Crippen LogP contribution in [0.5, 0.6) is 0 Å². The third-order valence-corrected chi connectivity index (χ3v) is 1.82. The van der Waals surface area contributed by atoms with E-state index in [4.69, 9.17) is 0 Å². The molecule has 0 unspecified atom stereocenters. The van der Waals surface area contributed by atoms with Crippen LogP contribution < -0.4 is 40.0 Å². The first-order valence-electron chi connectivity index (χ1n) is 4.84. The van der Waals surface area contributed by atoms with Gasteiger partial charge in [0, 0.05) is 23.9 Å². The van der Waals surface area contributed by atoms with E-state index in [1.54, 1.807) is 0 Å². The molecule has 0 atom stereocenters. The number of rotatable bonds is 5. The zero-order valence-electron chi connectivity index (χ0n) is 9.91. The van der Waals surface area contributed by atoms with Crippen molar-refractivity contribution in [2.24, 2.45) is 0 Å². The number of aromatic nitrogens is 2. The summed E-state index contributed by atoms with van der Waals surface area (Å²) in [6.45, 7) is 4.32. The van der Waals surface area contributed by atoms with E-state index in [2.05, 4.69) is 15.3 Å². The van der Waals surface area contributed by atoms with Crippen molar-refractivity contribution in [3.63, 3.8) is 0 Å². The van der Waals surface area contributed by atoms with Crippen LogP contribution in [0.2, 0.25) is 0 Å². The van der Waals surface area contributed by atoms with E-state index in [9.17, 15) is 9.90 Å². The first-order valence-corrected chi connectivity index (χ1v) is 4.84. The van der Waals surface area contributed by atoms with Gasteiger partial charge in [0.25, 0.3) is 0 Å². The maximum atomic E-state index is 10.1. The second-order valence-corrected chi connectivity index (χ2v) is 3.38. The van der Waals surface area contributed by atoms with Crippen LogP contribution in [-0.2, 0) is 4.79 Å². The molecule has 0 bridgehead atoms. The normalized spacial score (nSPS) is 9.38. The van der Waals surface area contributed by atoms with Gasteiger partial charge in [-0.1, -0.05) is 0 Å². The summed E-state index contributed by atoms with van der Waals surface area (Å²) in [7, 11) is 0. The van der Waals surface area contributed by atoms with Gasteiger partial charge in [0.05, 0.1) is 0 Å². The van der Waals surface area contributed by atoms with Crippen molar-refractivity contribution >= 4 is 11.9 Å². The first-order chi connectivity index (χ1) is 7.08. The quantitative estimate of drug-likeness (QED) is 0.433. The van der Waals surface area contributed by atoms with E-state index >= 15 is 0 Å². The maximum absolute atomic E-state index is 10.1. The van der Waals surface area contributed by atoms with E-state index in [0.717, 1.165) is 11.4 Å². The van der Waals surface area contributed by atoms with Crippen LogP contribution in [0.15, 0.2) is 6.07 Å². The summed E-state index contributed by atoms with van der Waals surface area (Å²) in [6, 6.07) is 1.88. The standard InChI is InChI=1S/C10H15N3O2.Na/c1-7-6-8(2)13-10(12-7)11-5-3-4-9(14)15;/h6H,3-5H2,1-2H3,(H,14,15)(H,11,12,13);/q;+1/p-1. The van der Waals surface area contributed by atoms with Gasteiger partial charge >= 0.3 is 29.6 Å². The Kier molecular flexibility index (Phi) is 7.29. The summed E-state index contributed by atoms with van der Waals surface area (Å²) in [6.07, 6.45) is 0.566. The molecule has 0 saturated heterocycles. The Labute approximate surface area is 117 Å². The molecule has 0 radical (unpaired) electrons. The molecule has 0 spiro atoms. The largest absolute Gasteiger partial charge is 1.00 e. The number of nitrogens with zero attached hydrogens (tertiary/aromatic N) is 2. The van der Waals surface area contributed by atoms with Gasteiger partial charge in [-0.2, -0.15) is 0 Å². The van der Waals surface area contributed by atoms with Crippen LogP contribution in [0, 0.1) is 13.8 Å². The summed E-state index contributed by atoms with van der Waals surface area (Å²) in [4.78, 5) is 18.5. The molecule has 1 heterocycles. The number of carboxylic acids is 1. The Bertz CT molecular complexity index is 338. The second-order valence-electron chi connectivity index (χ2n) is 3.38. The summed E-state index contributed by atoms with van der Waals surface area (Å²) in [5.41, 5.74) is 1.79. The van der Waals surface area contributed by atoms with Crippen LogP contribution in [0.1, 0.15) is 24.2 Å². The topological polar surface area (TPSA) is 77.9 Å². The molecule has 0 aliphatic carbocycles. The number of carbonyl (C=O) groups excluding carboxylic acids is 1. The molecule has 1 rings (SSSR count). The third-order valence-electron chi connectivity index (χ3n) is 1.82. The van der Waals surface area contributed by atoms with Gasteiger partial charge in [0.2, 0.25) is 5.95 Å². The van der Waals surface area contributed by atoms with E-state index in [1.165, 1.54) is 0 Å². The van der Waals surface area contributed by atoms with Crippen molar-refractivity contribution in [1.29, 1.82) is 0 Å². The van der Waals surface area contributed by atoms with E-state index in [0.29, 0.717) is 18.9 Å². The third kappa shape index (κ3) is 6.05. The Balaban J connectivity index is 0.00000225. The van der Waals surface area contributed by atoms with Gasteiger partial charge in [-0.15, -0.1) is 0 Å². The summed E-state index contributed by atoms with van der Waals surface area (Å²) < 4.78 is 0. The van der Waals surface area contributed by atoms with Crippen molar-refractivity contribution in [2.75, 3.05) is 11.9 Å². The Morgan fingerprint density at radius 1 is 1.38 bits per heavy atom. The molecule has 1 aromatic rings. The zero-order valence-corrected chi connectivity index (χ0v) is 11.9. The molecule has 82 valence electrons. The fraction of sp³-hybridized carbons (Fsp3) is 0.500. The number of carboxylic acid groups (broad SMARTS) is 1. The number of carbonyl (C=O) groups is 1. The predicted molar refractivity (Wildman–Crippen MR) is 54.2 cm³/mol. The fourth-order valence-electron chi connectivity index (χ4n) is 1.24. The van der Waals surface area contributed by atoms with Gasteiger partial charge in [-0.25, -0.2) is 9.97 Å². The molecule has 0 amide bonds. The molecule has 0 aliphatic heterocycles. The van der Waals surface area contributed by atoms with E-state index < -0.39 is 5.97 Å². The number of aliphatic carboxylic acids is 1. The Morgan fingerprint density at radius 3 is 2.44 bits per heavy atom. The SMILES string of the molecule is Cc1cc(C)nc(NCCCC(=O)[O-])n1.[Na+]. The molecule has 5 nitrogen and oxygen atoms in total. The molecule has 6 heteroatoms. The predicted octanol–water partition coefficient (Wildman–Crippen LogP) is -2.96. The summed E-state index contributed by atoms with van der Waals surface area (Å²) in [5, 5.41) is 13.1. The first kappa shape index (κ1) is 15.3. The van der Waals surface area contributed by atoms with Crippen molar-refractivity contribution < 1.29 is 39.5 Å². The minimum absolute atomic E-state index is 0. The molecule has 0 aliphatic rings.